The van der Waals surface area contributed by atoms with E-state index < -0.39 is 10.0 Å². The molecule has 1 aliphatic rings. The van der Waals surface area contributed by atoms with E-state index >= 15 is 0 Å². The lowest BCUT2D eigenvalue weighted by Gasteiger charge is -2.30. The molecule has 8 heteroatoms. The van der Waals surface area contributed by atoms with Crippen LogP contribution < -0.4 is 0 Å². The minimum atomic E-state index is -3.77. The van der Waals surface area contributed by atoms with Crippen molar-refractivity contribution in [1.82, 2.24) is 19.3 Å². The fourth-order valence-corrected chi connectivity index (χ4v) is 4.93. The Morgan fingerprint density at radius 1 is 1.03 bits per heavy atom. The molecule has 0 aliphatic carbocycles. The smallest absolute Gasteiger partial charge is 0.264 e. The van der Waals surface area contributed by atoms with Crippen molar-refractivity contribution in [2.45, 2.75) is 31.6 Å². The number of ketones is 1. The minimum absolute atomic E-state index is 0.00269. The zero-order valence-corrected chi connectivity index (χ0v) is 17.6. The first-order chi connectivity index (χ1) is 14.3. The number of allylic oxidation sites excluding steroid dienone is 1. The summed E-state index contributed by atoms with van der Waals surface area (Å²) in [6, 6.07) is 14.5. The number of benzene rings is 2. The van der Waals surface area contributed by atoms with Crippen molar-refractivity contribution in [3.63, 3.8) is 0 Å². The lowest BCUT2D eigenvalue weighted by Crippen LogP contribution is -2.37. The van der Waals surface area contributed by atoms with Crippen LogP contribution in [0.1, 0.15) is 29.7 Å². The van der Waals surface area contributed by atoms with Crippen molar-refractivity contribution >= 4 is 21.9 Å². The summed E-state index contributed by atoms with van der Waals surface area (Å²) in [5.41, 5.74) is 3.80. The predicted molar refractivity (Wildman–Crippen MR) is 113 cm³/mol. The fraction of sp³-hybridized carbons (Fsp3) is 0.227. The van der Waals surface area contributed by atoms with Crippen LogP contribution in [0.5, 0.6) is 0 Å². The van der Waals surface area contributed by atoms with Crippen LogP contribution in [0.3, 0.4) is 0 Å². The molecule has 0 atom stereocenters. The van der Waals surface area contributed by atoms with Gasteiger partial charge in [0.05, 0.1) is 16.8 Å². The van der Waals surface area contributed by atoms with E-state index in [0.29, 0.717) is 11.4 Å². The zero-order chi connectivity index (χ0) is 21.3. The molecular formula is C22H22N4O3S. The Hall–Kier alpha value is -3.26. The van der Waals surface area contributed by atoms with E-state index in [4.69, 9.17) is 0 Å². The second-order valence-corrected chi connectivity index (χ2v) is 9.23. The summed E-state index contributed by atoms with van der Waals surface area (Å²) in [5, 5.41) is 8.31. The zero-order valence-electron chi connectivity index (χ0n) is 16.8. The largest absolute Gasteiger partial charge is 0.299 e. The van der Waals surface area contributed by atoms with Gasteiger partial charge in [-0.05, 0) is 43.7 Å². The van der Waals surface area contributed by atoms with E-state index in [2.05, 4.69) is 10.3 Å². The highest BCUT2D eigenvalue weighted by atomic mass is 32.2. The second-order valence-electron chi connectivity index (χ2n) is 7.37. The molecule has 154 valence electrons. The third kappa shape index (κ3) is 3.91. The summed E-state index contributed by atoms with van der Waals surface area (Å²) >= 11 is 0. The SMILES string of the molecule is Cc1ccc(S(=O)(=O)N2CCC(=O)CC2=Cc2cn(-c3ccccc3C)nn2)cc1. The monoisotopic (exact) mass is 422 g/mol. The number of para-hydroxylation sites is 1. The molecule has 0 bridgehead atoms. The van der Waals surface area contributed by atoms with Crippen LogP contribution in [0.15, 0.2) is 65.3 Å². The third-order valence-electron chi connectivity index (χ3n) is 5.09. The van der Waals surface area contributed by atoms with Crippen LogP contribution in [0, 0.1) is 13.8 Å². The molecular weight excluding hydrogens is 400 g/mol. The summed E-state index contributed by atoms with van der Waals surface area (Å²) in [7, 11) is -3.77. The number of piperidine rings is 1. The van der Waals surface area contributed by atoms with Crippen LogP contribution in [0.4, 0.5) is 0 Å². The highest BCUT2D eigenvalue weighted by Gasteiger charge is 2.31. The lowest BCUT2D eigenvalue weighted by atomic mass is 10.1. The maximum atomic E-state index is 13.2. The molecule has 1 aromatic heterocycles. The fourth-order valence-electron chi connectivity index (χ4n) is 3.44. The number of carbonyl (C=O) groups is 1. The maximum absolute atomic E-state index is 13.2. The Morgan fingerprint density at radius 3 is 2.50 bits per heavy atom. The summed E-state index contributed by atoms with van der Waals surface area (Å²) in [4.78, 5) is 12.3. The topological polar surface area (TPSA) is 85.2 Å². The van der Waals surface area contributed by atoms with Crippen molar-refractivity contribution < 1.29 is 13.2 Å². The van der Waals surface area contributed by atoms with Gasteiger partial charge in [-0.15, -0.1) is 5.10 Å². The Balaban J connectivity index is 1.70. The number of aromatic nitrogens is 3. The first-order valence-corrected chi connectivity index (χ1v) is 11.1. The highest BCUT2D eigenvalue weighted by Crippen LogP contribution is 2.28. The van der Waals surface area contributed by atoms with E-state index in [1.165, 1.54) is 4.31 Å². The predicted octanol–water partition coefficient (Wildman–Crippen LogP) is 3.28. The maximum Gasteiger partial charge on any atom is 0.264 e. The molecule has 0 spiro atoms. The van der Waals surface area contributed by atoms with Crippen LogP contribution in [-0.2, 0) is 14.8 Å². The van der Waals surface area contributed by atoms with Crippen molar-refractivity contribution in [3.8, 4) is 5.69 Å². The molecule has 7 nitrogen and oxygen atoms in total. The minimum Gasteiger partial charge on any atom is -0.299 e. The van der Waals surface area contributed by atoms with Gasteiger partial charge in [-0.3, -0.25) is 9.10 Å². The molecule has 4 rings (SSSR count). The molecule has 1 fully saturated rings. The summed E-state index contributed by atoms with van der Waals surface area (Å²) < 4.78 is 29.4. The number of carbonyl (C=O) groups excluding carboxylic acids is 1. The normalized spacial score (nSPS) is 16.3. The van der Waals surface area contributed by atoms with Gasteiger partial charge >= 0.3 is 0 Å². The van der Waals surface area contributed by atoms with Gasteiger partial charge in [-0.2, -0.15) is 0 Å². The molecule has 2 heterocycles. The first kappa shape index (κ1) is 20.0. The Kier molecular flexibility index (Phi) is 5.26. The molecule has 0 amide bonds. The van der Waals surface area contributed by atoms with E-state index in [9.17, 15) is 13.2 Å². The van der Waals surface area contributed by atoms with Crippen LogP contribution >= 0.6 is 0 Å². The number of nitrogens with zero attached hydrogens (tertiary/aromatic N) is 4. The van der Waals surface area contributed by atoms with Gasteiger partial charge < -0.3 is 0 Å². The molecule has 0 saturated carbocycles. The van der Waals surface area contributed by atoms with Crippen LogP contribution in [-0.4, -0.2) is 40.0 Å². The quantitative estimate of drug-likeness (QED) is 0.644. The van der Waals surface area contributed by atoms with Crippen molar-refractivity contribution in [2.75, 3.05) is 6.54 Å². The van der Waals surface area contributed by atoms with E-state index in [1.54, 1.807) is 41.2 Å². The van der Waals surface area contributed by atoms with Gasteiger partial charge in [0.2, 0.25) is 0 Å². The van der Waals surface area contributed by atoms with Crippen molar-refractivity contribution in [1.29, 1.82) is 0 Å². The molecule has 2 aromatic carbocycles. The van der Waals surface area contributed by atoms with E-state index in [0.717, 1.165) is 16.8 Å². The summed E-state index contributed by atoms with van der Waals surface area (Å²) in [6.45, 7) is 4.00. The average Bonchev–Trinajstić information content (AvgIpc) is 3.17. The molecule has 0 N–H and O–H groups in total. The van der Waals surface area contributed by atoms with Crippen molar-refractivity contribution in [2.24, 2.45) is 0 Å². The van der Waals surface area contributed by atoms with Gasteiger partial charge in [0.1, 0.15) is 11.5 Å². The number of hydrogen-bond donors (Lipinski definition) is 0. The van der Waals surface area contributed by atoms with Gasteiger partial charge in [-0.25, -0.2) is 13.1 Å². The van der Waals surface area contributed by atoms with E-state index in [1.807, 2.05) is 38.1 Å². The van der Waals surface area contributed by atoms with Gasteiger partial charge in [0.25, 0.3) is 10.0 Å². The standard InChI is InChI=1S/C22H22N4O3S/c1-16-7-9-21(10-8-16)30(28,29)26-12-11-20(27)14-19(26)13-18-15-25(24-23-18)22-6-4-3-5-17(22)2/h3-10,13,15H,11-12,14H2,1-2H3. The molecule has 0 unspecified atom stereocenters. The summed E-state index contributed by atoms with van der Waals surface area (Å²) in [5.74, 6) is 0.00269. The van der Waals surface area contributed by atoms with Gasteiger partial charge in [0, 0.05) is 25.1 Å². The Labute approximate surface area is 175 Å². The van der Waals surface area contributed by atoms with Gasteiger partial charge in [0.15, 0.2) is 0 Å². The average molecular weight is 423 g/mol. The van der Waals surface area contributed by atoms with Crippen LogP contribution in [0.2, 0.25) is 0 Å². The molecule has 1 saturated heterocycles. The Morgan fingerprint density at radius 2 is 1.77 bits per heavy atom. The molecule has 1 aliphatic heterocycles. The molecule has 30 heavy (non-hydrogen) atoms. The Bertz CT molecular complexity index is 1230. The van der Waals surface area contributed by atoms with Gasteiger partial charge in [-0.1, -0.05) is 41.1 Å². The summed E-state index contributed by atoms with van der Waals surface area (Å²) in [6.07, 6.45) is 3.59. The second kappa shape index (κ2) is 7.87. The van der Waals surface area contributed by atoms with E-state index in [-0.39, 0.29) is 30.1 Å². The third-order valence-corrected chi connectivity index (χ3v) is 6.95. The van der Waals surface area contributed by atoms with Crippen LogP contribution in [0.25, 0.3) is 11.8 Å². The number of aryl methyl sites for hydroxylation is 2. The number of rotatable bonds is 4. The first-order valence-electron chi connectivity index (χ1n) is 9.64. The van der Waals surface area contributed by atoms with Crippen molar-refractivity contribution in [3.05, 3.63) is 77.2 Å². The molecule has 3 aromatic rings. The highest BCUT2D eigenvalue weighted by molar-refractivity contribution is 7.89. The lowest BCUT2D eigenvalue weighted by molar-refractivity contribution is -0.119. The number of sulfonamides is 1. The number of Topliss-reactive ketones (excluding diaryl/α,β-unsaturated/α-hetero) is 1. The molecule has 0 radical (unpaired) electrons. The number of hydrogen-bond acceptors (Lipinski definition) is 5.